The molecule has 4 nitrogen and oxygen atoms in total. The zero-order chi connectivity index (χ0) is 14.9. The van der Waals surface area contributed by atoms with Gasteiger partial charge in [-0.3, -0.25) is 9.78 Å². The third-order valence-electron chi connectivity index (χ3n) is 3.17. The Hall–Kier alpha value is -2.20. The standard InChI is InChI=1S/C17H20N2O2/c1-14(15-7-3-2-4-8-15)21-12-6-11-19-17(20)16-9-5-10-18-13-16/h2-5,7-10,13-14H,6,11-12H2,1H3,(H,19,20). The number of pyridine rings is 1. The summed E-state index contributed by atoms with van der Waals surface area (Å²) in [7, 11) is 0. The Morgan fingerprint density at radius 1 is 1.24 bits per heavy atom. The first-order chi connectivity index (χ1) is 10.3. The van der Waals surface area contributed by atoms with Crippen molar-refractivity contribution in [2.24, 2.45) is 0 Å². The molecule has 0 aliphatic rings. The second kappa shape index (κ2) is 8.17. The Balaban J connectivity index is 1.63. The van der Waals surface area contributed by atoms with E-state index in [1.807, 2.05) is 25.1 Å². The topological polar surface area (TPSA) is 51.2 Å². The van der Waals surface area contributed by atoms with Crippen molar-refractivity contribution in [3.8, 4) is 0 Å². The van der Waals surface area contributed by atoms with Gasteiger partial charge in [-0.25, -0.2) is 0 Å². The van der Waals surface area contributed by atoms with Crippen molar-refractivity contribution in [2.75, 3.05) is 13.2 Å². The Bertz CT molecular complexity index is 543. The van der Waals surface area contributed by atoms with Crippen LogP contribution in [0.2, 0.25) is 0 Å². The quantitative estimate of drug-likeness (QED) is 0.795. The maximum absolute atomic E-state index is 11.8. The third-order valence-corrected chi connectivity index (χ3v) is 3.17. The van der Waals surface area contributed by atoms with E-state index in [4.69, 9.17) is 4.74 Å². The fraction of sp³-hybridized carbons (Fsp3) is 0.294. The van der Waals surface area contributed by atoms with E-state index in [0.717, 1.165) is 12.0 Å². The molecule has 0 aliphatic heterocycles. The second-order valence-electron chi connectivity index (χ2n) is 4.77. The van der Waals surface area contributed by atoms with E-state index in [0.29, 0.717) is 18.7 Å². The lowest BCUT2D eigenvalue weighted by molar-refractivity contribution is 0.0635. The first-order valence-corrected chi connectivity index (χ1v) is 7.12. The van der Waals surface area contributed by atoms with E-state index < -0.39 is 0 Å². The summed E-state index contributed by atoms with van der Waals surface area (Å²) in [5.74, 6) is -0.0980. The molecule has 1 N–H and O–H groups in total. The molecular weight excluding hydrogens is 264 g/mol. The van der Waals surface area contributed by atoms with E-state index in [-0.39, 0.29) is 12.0 Å². The van der Waals surface area contributed by atoms with Crippen molar-refractivity contribution in [1.29, 1.82) is 0 Å². The van der Waals surface area contributed by atoms with Gasteiger partial charge in [0.05, 0.1) is 11.7 Å². The van der Waals surface area contributed by atoms with E-state index in [9.17, 15) is 4.79 Å². The summed E-state index contributed by atoms with van der Waals surface area (Å²) < 4.78 is 5.75. The van der Waals surface area contributed by atoms with Crippen molar-refractivity contribution in [2.45, 2.75) is 19.4 Å². The molecule has 110 valence electrons. The van der Waals surface area contributed by atoms with Crippen LogP contribution in [0.15, 0.2) is 54.9 Å². The molecule has 0 saturated heterocycles. The van der Waals surface area contributed by atoms with Gasteiger partial charge in [0.2, 0.25) is 0 Å². The molecule has 0 spiro atoms. The highest BCUT2D eigenvalue weighted by Gasteiger charge is 2.06. The predicted octanol–water partition coefficient (Wildman–Crippen LogP) is 2.98. The molecule has 0 aliphatic carbocycles. The van der Waals surface area contributed by atoms with Crippen LogP contribution in [0.25, 0.3) is 0 Å². The van der Waals surface area contributed by atoms with Gasteiger partial charge in [-0.1, -0.05) is 30.3 Å². The average Bonchev–Trinajstić information content (AvgIpc) is 2.55. The molecule has 1 heterocycles. The summed E-state index contributed by atoms with van der Waals surface area (Å²) >= 11 is 0. The zero-order valence-corrected chi connectivity index (χ0v) is 12.2. The van der Waals surface area contributed by atoms with Crippen molar-refractivity contribution in [3.63, 3.8) is 0 Å². The van der Waals surface area contributed by atoms with Crippen LogP contribution < -0.4 is 5.32 Å². The number of hydrogen-bond donors (Lipinski definition) is 1. The Labute approximate surface area is 125 Å². The molecule has 0 fully saturated rings. The summed E-state index contributed by atoms with van der Waals surface area (Å²) in [6.07, 6.45) is 4.06. The number of nitrogens with one attached hydrogen (secondary N) is 1. The van der Waals surface area contributed by atoms with Gasteiger partial charge in [0.15, 0.2) is 0 Å². The second-order valence-corrected chi connectivity index (χ2v) is 4.77. The number of carbonyl (C=O) groups excluding carboxylic acids is 1. The lowest BCUT2D eigenvalue weighted by Gasteiger charge is -2.13. The number of amides is 1. The summed E-state index contributed by atoms with van der Waals surface area (Å²) in [4.78, 5) is 15.7. The van der Waals surface area contributed by atoms with Gasteiger partial charge in [-0.05, 0) is 31.0 Å². The molecule has 4 heteroatoms. The van der Waals surface area contributed by atoms with E-state index >= 15 is 0 Å². The SMILES string of the molecule is CC(OCCCNC(=O)c1cccnc1)c1ccccc1. The van der Waals surface area contributed by atoms with Gasteiger partial charge >= 0.3 is 0 Å². The van der Waals surface area contributed by atoms with Crippen LogP contribution in [-0.4, -0.2) is 24.0 Å². The first-order valence-electron chi connectivity index (χ1n) is 7.12. The first kappa shape index (κ1) is 15.2. The minimum absolute atomic E-state index is 0.0697. The lowest BCUT2D eigenvalue weighted by atomic mass is 10.1. The average molecular weight is 284 g/mol. The van der Waals surface area contributed by atoms with Crippen LogP contribution >= 0.6 is 0 Å². The van der Waals surface area contributed by atoms with Crippen LogP contribution in [0.5, 0.6) is 0 Å². The zero-order valence-electron chi connectivity index (χ0n) is 12.2. The van der Waals surface area contributed by atoms with Gasteiger partial charge in [0.1, 0.15) is 0 Å². The van der Waals surface area contributed by atoms with Crippen LogP contribution in [-0.2, 0) is 4.74 Å². The van der Waals surface area contributed by atoms with Gasteiger partial charge in [0.25, 0.3) is 5.91 Å². The Kier molecular flexibility index (Phi) is 5.91. The van der Waals surface area contributed by atoms with E-state index in [2.05, 4.69) is 22.4 Å². The van der Waals surface area contributed by atoms with Crippen molar-refractivity contribution in [3.05, 3.63) is 66.0 Å². The lowest BCUT2D eigenvalue weighted by Crippen LogP contribution is -2.25. The molecule has 1 aromatic carbocycles. The molecule has 1 aromatic heterocycles. The highest BCUT2D eigenvalue weighted by Crippen LogP contribution is 2.15. The number of carbonyl (C=O) groups is 1. The molecule has 0 radical (unpaired) electrons. The third kappa shape index (κ3) is 5.00. The fourth-order valence-corrected chi connectivity index (χ4v) is 1.95. The van der Waals surface area contributed by atoms with Crippen LogP contribution in [0.4, 0.5) is 0 Å². The van der Waals surface area contributed by atoms with Crippen molar-refractivity contribution < 1.29 is 9.53 Å². The Morgan fingerprint density at radius 3 is 2.76 bits per heavy atom. The molecule has 1 unspecified atom stereocenters. The van der Waals surface area contributed by atoms with E-state index in [1.165, 1.54) is 0 Å². The predicted molar refractivity (Wildman–Crippen MR) is 82.0 cm³/mol. The number of rotatable bonds is 7. The number of aromatic nitrogens is 1. The minimum Gasteiger partial charge on any atom is -0.374 e. The maximum atomic E-state index is 11.8. The number of ether oxygens (including phenoxy) is 1. The molecule has 1 atom stereocenters. The van der Waals surface area contributed by atoms with Gasteiger partial charge in [-0.2, -0.15) is 0 Å². The summed E-state index contributed by atoms with van der Waals surface area (Å²) in [5, 5.41) is 2.85. The molecular formula is C17H20N2O2. The molecule has 0 bridgehead atoms. The maximum Gasteiger partial charge on any atom is 0.252 e. The van der Waals surface area contributed by atoms with Crippen molar-refractivity contribution >= 4 is 5.91 Å². The van der Waals surface area contributed by atoms with Gasteiger partial charge in [0, 0.05) is 25.5 Å². The monoisotopic (exact) mass is 284 g/mol. The van der Waals surface area contributed by atoms with Gasteiger partial charge in [-0.15, -0.1) is 0 Å². The number of nitrogens with zero attached hydrogens (tertiary/aromatic N) is 1. The van der Waals surface area contributed by atoms with Crippen LogP contribution in [0, 0.1) is 0 Å². The number of hydrogen-bond acceptors (Lipinski definition) is 3. The molecule has 21 heavy (non-hydrogen) atoms. The highest BCUT2D eigenvalue weighted by atomic mass is 16.5. The van der Waals surface area contributed by atoms with Crippen LogP contribution in [0.1, 0.15) is 35.4 Å². The normalized spacial score (nSPS) is 11.9. The highest BCUT2D eigenvalue weighted by molar-refractivity contribution is 5.93. The Morgan fingerprint density at radius 2 is 2.05 bits per heavy atom. The summed E-state index contributed by atoms with van der Waals surface area (Å²) in [6.45, 7) is 3.24. The minimum atomic E-state index is -0.0980. The van der Waals surface area contributed by atoms with Crippen LogP contribution in [0.3, 0.4) is 0 Å². The smallest absolute Gasteiger partial charge is 0.252 e. The molecule has 2 rings (SSSR count). The van der Waals surface area contributed by atoms with Gasteiger partial charge < -0.3 is 10.1 Å². The number of benzene rings is 1. The molecule has 1 amide bonds. The van der Waals surface area contributed by atoms with Crippen molar-refractivity contribution in [1.82, 2.24) is 10.3 Å². The molecule has 0 saturated carbocycles. The molecule has 2 aromatic rings. The fourth-order valence-electron chi connectivity index (χ4n) is 1.95. The largest absolute Gasteiger partial charge is 0.374 e. The summed E-state index contributed by atoms with van der Waals surface area (Å²) in [5.41, 5.74) is 1.74. The van der Waals surface area contributed by atoms with E-state index in [1.54, 1.807) is 24.5 Å². The summed E-state index contributed by atoms with van der Waals surface area (Å²) in [6, 6.07) is 13.6.